The first-order chi connectivity index (χ1) is 9.16. The minimum atomic E-state index is -0.334. The first kappa shape index (κ1) is 12.2. The van der Waals surface area contributed by atoms with Gasteiger partial charge in [-0.3, -0.25) is 4.79 Å². The molecule has 0 unspecified atom stereocenters. The summed E-state index contributed by atoms with van der Waals surface area (Å²) in [6.07, 6.45) is 1.48. The zero-order chi connectivity index (χ0) is 13.4. The molecule has 5 heteroatoms. The molecule has 2 aromatic carbocycles. The standard InChI is InChI=1S/C14H8Cl2N2O/c15-9-3-1-4-10(7-9)18-8-17-14(19)13-11(16)5-2-6-12(13)18/h1-8H. The van der Waals surface area contributed by atoms with E-state index in [1.165, 1.54) is 6.33 Å². The van der Waals surface area contributed by atoms with E-state index in [0.717, 1.165) is 5.69 Å². The highest BCUT2D eigenvalue weighted by atomic mass is 35.5. The SMILES string of the molecule is O=c1ncn(-c2cccc(Cl)c2)c2cccc(Cl)c12. The minimum Gasteiger partial charge on any atom is -0.300 e. The van der Waals surface area contributed by atoms with Gasteiger partial charge in [0, 0.05) is 10.7 Å². The van der Waals surface area contributed by atoms with Crippen LogP contribution in [0.1, 0.15) is 0 Å². The quantitative estimate of drug-likeness (QED) is 0.685. The summed E-state index contributed by atoms with van der Waals surface area (Å²) >= 11 is 12.1. The Hall–Kier alpha value is -1.84. The zero-order valence-corrected chi connectivity index (χ0v) is 11.2. The lowest BCUT2D eigenvalue weighted by Gasteiger charge is -2.10. The Balaban J connectivity index is 2.41. The molecule has 0 aliphatic carbocycles. The third-order valence-corrected chi connectivity index (χ3v) is 3.39. The molecule has 0 aliphatic heterocycles. The van der Waals surface area contributed by atoms with Gasteiger partial charge in [-0.1, -0.05) is 35.3 Å². The van der Waals surface area contributed by atoms with E-state index in [1.54, 1.807) is 28.8 Å². The number of aromatic nitrogens is 2. The molecule has 94 valence electrons. The van der Waals surface area contributed by atoms with Crippen molar-refractivity contribution in [2.75, 3.05) is 0 Å². The highest BCUT2D eigenvalue weighted by Gasteiger charge is 2.08. The van der Waals surface area contributed by atoms with Crippen LogP contribution in [0.4, 0.5) is 0 Å². The Morgan fingerprint density at radius 2 is 1.84 bits per heavy atom. The number of nitrogens with zero attached hydrogens (tertiary/aromatic N) is 2. The fraction of sp³-hybridized carbons (Fsp3) is 0. The molecule has 19 heavy (non-hydrogen) atoms. The van der Waals surface area contributed by atoms with Crippen molar-refractivity contribution in [2.45, 2.75) is 0 Å². The monoisotopic (exact) mass is 290 g/mol. The fourth-order valence-electron chi connectivity index (χ4n) is 1.99. The van der Waals surface area contributed by atoms with Gasteiger partial charge in [0.1, 0.15) is 6.33 Å². The maximum absolute atomic E-state index is 11.8. The first-order valence-electron chi connectivity index (χ1n) is 5.58. The van der Waals surface area contributed by atoms with E-state index < -0.39 is 0 Å². The molecule has 0 amide bonds. The molecule has 3 nitrogen and oxygen atoms in total. The smallest absolute Gasteiger partial charge is 0.282 e. The minimum absolute atomic E-state index is 0.334. The number of rotatable bonds is 1. The summed E-state index contributed by atoms with van der Waals surface area (Å²) < 4.78 is 1.79. The van der Waals surface area contributed by atoms with Crippen LogP contribution in [0.3, 0.4) is 0 Å². The summed E-state index contributed by atoms with van der Waals surface area (Å²) in [6, 6.07) is 12.6. The number of hydrogen-bond donors (Lipinski definition) is 0. The van der Waals surface area contributed by atoms with Crippen LogP contribution in [0.5, 0.6) is 0 Å². The normalized spacial score (nSPS) is 10.8. The second-order valence-electron chi connectivity index (χ2n) is 4.03. The van der Waals surface area contributed by atoms with Crippen molar-refractivity contribution < 1.29 is 0 Å². The molecule has 0 radical (unpaired) electrons. The van der Waals surface area contributed by atoms with Crippen molar-refractivity contribution in [3.8, 4) is 5.69 Å². The van der Waals surface area contributed by atoms with Gasteiger partial charge in [-0.05, 0) is 30.3 Å². The van der Waals surface area contributed by atoms with Crippen LogP contribution in [0.15, 0.2) is 53.6 Å². The van der Waals surface area contributed by atoms with Crippen molar-refractivity contribution in [3.63, 3.8) is 0 Å². The van der Waals surface area contributed by atoms with Gasteiger partial charge in [0.15, 0.2) is 0 Å². The summed E-state index contributed by atoms with van der Waals surface area (Å²) in [7, 11) is 0. The van der Waals surface area contributed by atoms with E-state index in [4.69, 9.17) is 23.2 Å². The Kier molecular flexibility index (Phi) is 3.01. The largest absolute Gasteiger partial charge is 0.300 e. The third-order valence-electron chi connectivity index (χ3n) is 2.84. The summed E-state index contributed by atoms with van der Waals surface area (Å²) in [4.78, 5) is 15.7. The van der Waals surface area contributed by atoms with Crippen LogP contribution in [0.2, 0.25) is 10.0 Å². The second-order valence-corrected chi connectivity index (χ2v) is 4.88. The van der Waals surface area contributed by atoms with Gasteiger partial charge in [-0.15, -0.1) is 0 Å². The molecular weight excluding hydrogens is 283 g/mol. The molecule has 1 heterocycles. The van der Waals surface area contributed by atoms with Crippen LogP contribution in [0.25, 0.3) is 16.6 Å². The molecule has 0 atom stereocenters. The average Bonchev–Trinajstić information content (AvgIpc) is 2.39. The molecule has 1 aromatic heterocycles. The van der Waals surface area contributed by atoms with E-state index in [-0.39, 0.29) is 5.56 Å². The van der Waals surface area contributed by atoms with Crippen LogP contribution in [-0.2, 0) is 0 Å². The van der Waals surface area contributed by atoms with Gasteiger partial charge in [0.2, 0.25) is 0 Å². The molecule has 0 saturated heterocycles. The van der Waals surface area contributed by atoms with Gasteiger partial charge in [-0.25, -0.2) is 0 Å². The molecule has 3 aromatic rings. The third kappa shape index (κ3) is 2.11. The van der Waals surface area contributed by atoms with Gasteiger partial charge in [0.05, 0.1) is 15.9 Å². The van der Waals surface area contributed by atoms with Crippen molar-refractivity contribution in [1.29, 1.82) is 0 Å². The molecular formula is C14H8Cl2N2O. The van der Waals surface area contributed by atoms with Crippen molar-refractivity contribution in [3.05, 3.63) is 69.2 Å². The predicted octanol–water partition coefficient (Wildman–Crippen LogP) is 3.69. The van der Waals surface area contributed by atoms with E-state index in [0.29, 0.717) is 20.9 Å². The van der Waals surface area contributed by atoms with E-state index in [2.05, 4.69) is 4.98 Å². The molecule has 0 fully saturated rings. The Morgan fingerprint density at radius 1 is 1.05 bits per heavy atom. The van der Waals surface area contributed by atoms with Crippen LogP contribution >= 0.6 is 23.2 Å². The van der Waals surface area contributed by atoms with Crippen LogP contribution < -0.4 is 5.56 Å². The first-order valence-corrected chi connectivity index (χ1v) is 6.34. The zero-order valence-electron chi connectivity index (χ0n) is 9.68. The highest BCUT2D eigenvalue weighted by Crippen LogP contribution is 2.23. The van der Waals surface area contributed by atoms with Gasteiger partial charge in [0.25, 0.3) is 5.56 Å². The average molecular weight is 291 g/mol. The molecule has 0 aliphatic rings. The maximum Gasteiger partial charge on any atom is 0.282 e. The van der Waals surface area contributed by atoms with Crippen LogP contribution in [0, 0.1) is 0 Å². The van der Waals surface area contributed by atoms with E-state index >= 15 is 0 Å². The van der Waals surface area contributed by atoms with Crippen molar-refractivity contribution >= 4 is 34.1 Å². The van der Waals surface area contributed by atoms with E-state index in [1.807, 2.05) is 18.2 Å². The summed E-state index contributed by atoms with van der Waals surface area (Å²) in [6.45, 7) is 0. The van der Waals surface area contributed by atoms with Gasteiger partial charge >= 0.3 is 0 Å². The Bertz CT molecular complexity index is 827. The molecule has 0 spiro atoms. The van der Waals surface area contributed by atoms with Gasteiger partial charge in [-0.2, -0.15) is 4.98 Å². The van der Waals surface area contributed by atoms with E-state index in [9.17, 15) is 4.79 Å². The van der Waals surface area contributed by atoms with Crippen molar-refractivity contribution in [1.82, 2.24) is 9.55 Å². The molecule has 0 saturated carbocycles. The lowest BCUT2D eigenvalue weighted by atomic mass is 10.2. The fourth-order valence-corrected chi connectivity index (χ4v) is 2.43. The highest BCUT2D eigenvalue weighted by molar-refractivity contribution is 6.35. The van der Waals surface area contributed by atoms with Crippen molar-refractivity contribution in [2.24, 2.45) is 0 Å². The predicted molar refractivity (Wildman–Crippen MR) is 77.4 cm³/mol. The number of hydrogen-bond acceptors (Lipinski definition) is 2. The topological polar surface area (TPSA) is 34.9 Å². The maximum atomic E-state index is 11.8. The summed E-state index contributed by atoms with van der Waals surface area (Å²) in [5, 5.41) is 1.42. The Morgan fingerprint density at radius 3 is 2.63 bits per heavy atom. The summed E-state index contributed by atoms with van der Waals surface area (Å²) in [5.41, 5.74) is 1.20. The molecule has 3 rings (SSSR count). The molecule has 0 N–H and O–H groups in total. The molecule has 0 bridgehead atoms. The lowest BCUT2D eigenvalue weighted by Crippen LogP contribution is -2.11. The lowest BCUT2D eigenvalue weighted by molar-refractivity contribution is 1.02. The number of halogens is 2. The second kappa shape index (κ2) is 4.68. The van der Waals surface area contributed by atoms with Crippen LogP contribution in [-0.4, -0.2) is 9.55 Å². The number of fused-ring (bicyclic) bond motifs is 1. The van der Waals surface area contributed by atoms with Gasteiger partial charge < -0.3 is 4.57 Å². The summed E-state index contributed by atoms with van der Waals surface area (Å²) in [5.74, 6) is 0. The Labute approximate surface area is 119 Å². The number of benzene rings is 2.